The van der Waals surface area contributed by atoms with E-state index in [1.165, 1.54) is 4.90 Å². The summed E-state index contributed by atoms with van der Waals surface area (Å²) in [5.74, 6) is -0.518. The minimum Gasteiger partial charge on any atom is -0.322 e. The first-order valence-corrected chi connectivity index (χ1v) is 10.8. The summed E-state index contributed by atoms with van der Waals surface area (Å²) in [6, 6.07) is 26.3. The molecule has 1 saturated heterocycles. The van der Waals surface area contributed by atoms with Crippen LogP contribution >= 0.6 is 0 Å². The third-order valence-electron chi connectivity index (χ3n) is 5.74. The highest BCUT2D eigenvalue weighted by Crippen LogP contribution is 2.26. The molecule has 0 spiro atoms. The van der Waals surface area contributed by atoms with Gasteiger partial charge in [-0.25, -0.2) is 4.98 Å². The summed E-state index contributed by atoms with van der Waals surface area (Å²) in [5, 5.41) is 3.73. The fraction of sp³-hybridized carbons (Fsp3) is 0.111. The second-order valence-electron chi connectivity index (χ2n) is 7.96. The Labute approximate surface area is 190 Å². The molecule has 1 aromatic heterocycles. The number of hydrogen-bond acceptors (Lipinski definition) is 4. The number of nitrogens with zero attached hydrogens (tertiary/aromatic N) is 2. The molecular formula is C27H21N3O3. The molecule has 3 aromatic carbocycles. The number of likely N-dealkylation sites (tertiary alicyclic amines) is 1. The standard InChI is InChI=1S/C27H21N3O3/c31-25-14-15-26(32)30(25)17-18-10-12-20(13-11-18)28-27(33)22-16-24(19-6-2-1-3-7-19)29-23-9-5-4-8-21(22)23/h1-13,16H,14-15,17H2,(H,28,33). The smallest absolute Gasteiger partial charge is 0.256 e. The third-order valence-corrected chi connectivity index (χ3v) is 5.74. The maximum absolute atomic E-state index is 13.2. The summed E-state index contributed by atoms with van der Waals surface area (Å²) >= 11 is 0. The summed E-state index contributed by atoms with van der Waals surface area (Å²) in [4.78, 5) is 42.9. The zero-order chi connectivity index (χ0) is 22.8. The van der Waals surface area contributed by atoms with E-state index in [-0.39, 0.29) is 37.1 Å². The Morgan fingerprint density at radius 3 is 2.24 bits per heavy atom. The SMILES string of the molecule is O=C(Nc1ccc(CN2C(=O)CCC2=O)cc1)c1cc(-c2ccccc2)nc2ccccc12. The van der Waals surface area contributed by atoms with E-state index in [1.54, 1.807) is 12.1 Å². The van der Waals surface area contributed by atoms with Crippen LogP contribution in [0.1, 0.15) is 28.8 Å². The Hall–Kier alpha value is -4.32. The third kappa shape index (κ3) is 4.23. The van der Waals surface area contributed by atoms with Crippen LogP contribution in [0.15, 0.2) is 84.9 Å². The van der Waals surface area contributed by atoms with Crippen molar-refractivity contribution in [2.75, 3.05) is 5.32 Å². The molecule has 0 atom stereocenters. The Bertz CT molecular complexity index is 1350. The molecule has 1 aliphatic rings. The quantitative estimate of drug-likeness (QED) is 0.457. The molecule has 0 saturated carbocycles. The lowest BCUT2D eigenvalue weighted by Gasteiger charge is -2.14. The number of rotatable bonds is 5. The number of pyridine rings is 1. The number of aromatic nitrogens is 1. The first kappa shape index (κ1) is 20.6. The Morgan fingerprint density at radius 1 is 0.848 bits per heavy atom. The highest BCUT2D eigenvalue weighted by Gasteiger charge is 2.28. The molecule has 5 rings (SSSR count). The summed E-state index contributed by atoms with van der Waals surface area (Å²) < 4.78 is 0. The fourth-order valence-corrected chi connectivity index (χ4v) is 3.99. The average Bonchev–Trinajstić information content (AvgIpc) is 3.17. The van der Waals surface area contributed by atoms with Crippen molar-refractivity contribution >= 4 is 34.3 Å². The molecule has 0 radical (unpaired) electrons. The van der Waals surface area contributed by atoms with Gasteiger partial charge < -0.3 is 5.32 Å². The van der Waals surface area contributed by atoms with Gasteiger partial charge in [0, 0.05) is 29.5 Å². The first-order chi connectivity index (χ1) is 16.1. The molecule has 33 heavy (non-hydrogen) atoms. The van der Waals surface area contributed by atoms with Crippen molar-refractivity contribution in [2.24, 2.45) is 0 Å². The van der Waals surface area contributed by atoms with Crippen LogP contribution in [0.3, 0.4) is 0 Å². The molecule has 6 heteroatoms. The van der Waals surface area contributed by atoms with Crippen molar-refractivity contribution in [1.82, 2.24) is 9.88 Å². The van der Waals surface area contributed by atoms with Crippen LogP contribution in [0.2, 0.25) is 0 Å². The van der Waals surface area contributed by atoms with Crippen LogP contribution in [0, 0.1) is 0 Å². The van der Waals surface area contributed by atoms with Crippen LogP contribution in [-0.4, -0.2) is 27.6 Å². The number of carbonyl (C=O) groups is 3. The van der Waals surface area contributed by atoms with Crippen molar-refractivity contribution in [3.63, 3.8) is 0 Å². The maximum Gasteiger partial charge on any atom is 0.256 e. The zero-order valence-electron chi connectivity index (χ0n) is 17.8. The highest BCUT2D eigenvalue weighted by molar-refractivity contribution is 6.13. The molecule has 1 fully saturated rings. The fourth-order valence-electron chi connectivity index (χ4n) is 3.99. The van der Waals surface area contributed by atoms with Gasteiger partial charge in [-0.1, -0.05) is 60.7 Å². The van der Waals surface area contributed by atoms with Gasteiger partial charge in [-0.2, -0.15) is 0 Å². The van der Waals surface area contributed by atoms with E-state index in [0.717, 1.165) is 27.7 Å². The minimum absolute atomic E-state index is 0.142. The predicted molar refractivity (Wildman–Crippen MR) is 126 cm³/mol. The number of imide groups is 1. The van der Waals surface area contributed by atoms with Gasteiger partial charge in [0.2, 0.25) is 11.8 Å². The van der Waals surface area contributed by atoms with Crippen molar-refractivity contribution in [1.29, 1.82) is 0 Å². The minimum atomic E-state index is -0.233. The Morgan fingerprint density at radius 2 is 1.52 bits per heavy atom. The number of carbonyl (C=O) groups excluding carboxylic acids is 3. The Kier molecular flexibility index (Phi) is 5.40. The van der Waals surface area contributed by atoms with E-state index in [2.05, 4.69) is 5.32 Å². The second kappa shape index (κ2) is 8.67. The molecule has 162 valence electrons. The molecular weight excluding hydrogens is 414 g/mol. The molecule has 3 amide bonds. The van der Waals surface area contributed by atoms with Gasteiger partial charge in [0.15, 0.2) is 0 Å². The van der Waals surface area contributed by atoms with Gasteiger partial charge in [0.05, 0.1) is 23.3 Å². The molecule has 6 nitrogen and oxygen atoms in total. The van der Waals surface area contributed by atoms with E-state index < -0.39 is 0 Å². The van der Waals surface area contributed by atoms with E-state index in [9.17, 15) is 14.4 Å². The van der Waals surface area contributed by atoms with Gasteiger partial charge in [0.25, 0.3) is 5.91 Å². The summed E-state index contributed by atoms with van der Waals surface area (Å²) in [6.07, 6.45) is 0.551. The van der Waals surface area contributed by atoms with Gasteiger partial charge in [-0.05, 0) is 29.8 Å². The first-order valence-electron chi connectivity index (χ1n) is 10.8. The molecule has 1 N–H and O–H groups in total. The van der Waals surface area contributed by atoms with Crippen molar-refractivity contribution in [3.8, 4) is 11.3 Å². The number of anilines is 1. The van der Waals surface area contributed by atoms with Gasteiger partial charge in [-0.15, -0.1) is 0 Å². The number of amides is 3. The lowest BCUT2D eigenvalue weighted by atomic mass is 10.0. The molecule has 2 heterocycles. The van der Waals surface area contributed by atoms with Crippen molar-refractivity contribution in [3.05, 3.63) is 96.1 Å². The maximum atomic E-state index is 13.2. The normalized spacial score (nSPS) is 13.5. The van der Waals surface area contributed by atoms with Gasteiger partial charge >= 0.3 is 0 Å². The van der Waals surface area contributed by atoms with E-state index in [4.69, 9.17) is 4.98 Å². The largest absolute Gasteiger partial charge is 0.322 e. The van der Waals surface area contributed by atoms with Crippen LogP contribution in [0.4, 0.5) is 5.69 Å². The molecule has 0 aliphatic carbocycles. The number of fused-ring (bicyclic) bond motifs is 1. The monoisotopic (exact) mass is 435 g/mol. The second-order valence-corrected chi connectivity index (χ2v) is 7.96. The van der Waals surface area contributed by atoms with Gasteiger partial charge in [-0.3, -0.25) is 19.3 Å². The number of benzene rings is 3. The van der Waals surface area contributed by atoms with Gasteiger partial charge in [0.1, 0.15) is 0 Å². The van der Waals surface area contributed by atoms with Crippen LogP contribution in [-0.2, 0) is 16.1 Å². The predicted octanol–water partition coefficient (Wildman–Crippen LogP) is 4.80. The van der Waals surface area contributed by atoms with Crippen molar-refractivity contribution in [2.45, 2.75) is 19.4 Å². The Balaban J connectivity index is 1.40. The average molecular weight is 435 g/mol. The molecule has 4 aromatic rings. The number of para-hydroxylation sites is 1. The highest BCUT2D eigenvalue weighted by atomic mass is 16.2. The summed E-state index contributed by atoms with van der Waals surface area (Å²) in [5.41, 5.74) is 4.42. The van der Waals surface area contributed by atoms with Crippen LogP contribution < -0.4 is 5.32 Å². The van der Waals surface area contributed by atoms with Crippen molar-refractivity contribution < 1.29 is 14.4 Å². The van der Waals surface area contributed by atoms with Crippen LogP contribution in [0.5, 0.6) is 0 Å². The molecule has 1 aliphatic heterocycles. The van der Waals surface area contributed by atoms with E-state index >= 15 is 0 Å². The zero-order valence-corrected chi connectivity index (χ0v) is 17.8. The molecule has 0 bridgehead atoms. The summed E-state index contributed by atoms with van der Waals surface area (Å²) in [7, 11) is 0. The molecule has 0 unspecified atom stereocenters. The number of nitrogens with one attached hydrogen (secondary N) is 1. The number of hydrogen-bond donors (Lipinski definition) is 1. The lowest BCUT2D eigenvalue weighted by Crippen LogP contribution is -2.28. The van der Waals surface area contributed by atoms with E-state index in [0.29, 0.717) is 11.3 Å². The van der Waals surface area contributed by atoms with E-state index in [1.807, 2.05) is 72.8 Å². The summed E-state index contributed by atoms with van der Waals surface area (Å²) in [6.45, 7) is 0.251. The van der Waals surface area contributed by atoms with Crippen LogP contribution in [0.25, 0.3) is 22.2 Å². The lowest BCUT2D eigenvalue weighted by molar-refractivity contribution is -0.139. The topological polar surface area (TPSA) is 79.4 Å².